The van der Waals surface area contributed by atoms with Crippen LogP contribution in [0.1, 0.15) is 36.0 Å². The van der Waals surface area contributed by atoms with Crippen LogP contribution in [-0.4, -0.2) is 52.3 Å². The number of pyridine rings is 1. The van der Waals surface area contributed by atoms with Crippen LogP contribution >= 0.6 is 0 Å². The van der Waals surface area contributed by atoms with Crippen LogP contribution < -0.4 is 5.56 Å². The molecule has 1 aromatic heterocycles. The van der Waals surface area contributed by atoms with E-state index in [1.807, 2.05) is 24.3 Å². The third-order valence-electron chi connectivity index (χ3n) is 5.47. The van der Waals surface area contributed by atoms with Crippen molar-refractivity contribution in [2.24, 2.45) is 0 Å². The first kappa shape index (κ1) is 17.5. The van der Waals surface area contributed by atoms with E-state index in [1.165, 1.54) is 6.07 Å². The molecular weight excluding hydrogens is 342 g/mol. The molecule has 1 saturated heterocycles. The molecule has 0 bridgehead atoms. The number of carbonyl (C=O) groups is 2. The Morgan fingerprint density at radius 3 is 2.15 bits per heavy atom. The lowest BCUT2D eigenvalue weighted by Gasteiger charge is -2.37. The first-order valence-electron chi connectivity index (χ1n) is 9.47. The van der Waals surface area contributed by atoms with Crippen molar-refractivity contribution in [2.45, 2.75) is 37.8 Å². The third-order valence-corrected chi connectivity index (χ3v) is 5.47. The molecule has 1 aliphatic heterocycles. The van der Waals surface area contributed by atoms with E-state index in [-0.39, 0.29) is 17.5 Å². The van der Waals surface area contributed by atoms with Crippen LogP contribution in [0.5, 0.6) is 0 Å². The van der Waals surface area contributed by atoms with Gasteiger partial charge in [-0.15, -0.1) is 0 Å². The SMILES string of the molecule is O=CN1CCC(N(C(=O)c2ccc(-c3ccc(=O)[nH]c3)cc2)C2CC2)CC1. The number of piperidine rings is 1. The van der Waals surface area contributed by atoms with E-state index in [1.54, 1.807) is 17.2 Å². The summed E-state index contributed by atoms with van der Waals surface area (Å²) in [4.78, 5) is 41.8. The number of likely N-dealkylation sites (tertiary alicyclic amines) is 1. The number of nitrogens with zero attached hydrogens (tertiary/aromatic N) is 2. The molecule has 2 aromatic rings. The van der Waals surface area contributed by atoms with Crippen molar-refractivity contribution in [3.05, 3.63) is 58.5 Å². The number of benzene rings is 1. The lowest BCUT2D eigenvalue weighted by atomic mass is 10.0. The standard InChI is InChI=1S/C21H23N3O3/c25-14-23-11-9-19(10-12-23)24(18-6-7-18)21(27)16-3-1-15(2-4-16)17-5-8-20(26)22-13-17/h1-5,8,13-14,18-19H,6-7,9-12H2,(H,22,26). The zero-order valence-corrected chi connectivity index (χ0v) is 15.1. The fourth-order valence-corrected chi connectivity index (χ4v) is 3.80. The fraction of sp³-hybridized carbons (Fsp3) is 0.381. The predicted molar refractivity (Wildman–Crippen MR) is 102 cm³/mol. The first-order valence-corrected chi connectivity index (χ1v) is 9.47. The molecule has 140 valence electrons. The van der Waals surface area contributed by atoms with Crippen molar-refractivity contribution < 1.29 is 9.59 Å². The van der Waals surface area contributed by atoms with Crippen molar-refractivity contribution in [2.75, 3.05) is 13.1 Å². The first-order chi connectivity index (χ1) is 13.2. The molecule has 27 heavy (non-hydrogen) atoms. The highest BCUT2D eigenvalue weighted by molar-refractivity contribution is 5.95. The number of nitrogens with one attached hydrogen (secondary N) is 1. The zero-order valence-electron chi connectivity index (χ0n) is 15.1. The second-order valence-corrected chi connectivity index (χ2v) is 7.34. The normalized spacial score (nSPS) is 17.6. The van der Waals surface area contributed by atoms with Gasteiger partial charge in [0, 0.05) is 43.0 Å². The van der Waals surface area contributed by atoms with Gasteiger partial charge in [0.25, 0.3) is 5.91 Å². The maximum atomic E-state index is 13.2. The van der Waals surface area contributed by atoms with Gasteiger partial charge in [0.2, 0.25) is 12.0 Å². The number of carbonyl (C=O) groups excluding carboxylic acids is 2. The van der Waals surface area contributed by atoms with Gasteiger partial charge in [-0.2, -0.15) is 0 Å². The van der Waals surface area contributed by atoms with Crippen LogP contribution in [0.2, 0.25) is 0 Å². The molecule has 6 nitrogen and oxygen atoms in total. The van der Waals surface area contributed by atoms with E-state index in [2.05, 4.69) is 9.88 Å². The van der Waals surface area contributed by atoms with E-state index < -0.39 is 0 Å². The molecule has 2 heterocycles. The summed E-state index contributed by atoms with van der Waals surface area (Å²) in [6.45, 7) is 1.44. The van der Waals surface area contributed by atoms with Crippen molar-refractivity contribution in [3.63, 3.8) is 0 Å². The molecule has 2 fully saturated rings. The molecule has 0 radical (unpaired) electrons. The number of hydrogen-bond donors (Lipinski definition) is 1. The highest BCUT2D eigenvalue weighted by Crippen LogP contribution is 2.33. The number of hydrogen-bond acceptors (Lipinski definition) is 3. The van der Waals surface area contributed by atoms with Crippen molar-refractivity contribution in [3.8, 4) is 11.1 Å². The second-order valence-electron chi connectivity index (χ2n) is 7.34. The van der Waals surface area contributed by atoms with Gasteiger partial charge in [0.15, 0.2) is 0 Å². The molecule has 4 rings (SSSR count). The highest BCUT2D eigenvalue weighted by Gasteiger charge is 2.38. The van der Waals surface area contributed by atoms with Gasteiger partial charge in [-0.25, -0.2) is 0 Å². The van der Waals surface area contributed by atoms with Crippen LogP contribution in [-0.2, 0) is 4.79 Å². The summed E-state index contributed by atoms with van der Waals surface area (Å²) >= 11 is 0. The predicted octanol–water partition coefficient (Wildman–Crippen LogP) is 2.27. The second kappa shape index (κ2) is 7.39. The molecule has 0 spiro atoms. The van der Waals surface area contributed by atoms with E-state index >= 15 is 0 Å². The molecular formula is C21H23N3O3. The quantitative estimate of drug-likeness (QED) is 0.826. The Kier molecular flexibility index (Phi) is 4.79. The summed E-state index contributed by atoms with van der Waals surface area (Å²) in [7, 11) is 0. The Labute approximate surface area is 157 Å². The molecule has 2 amide bonds. The van der Waals surface area contributed by atoms with Gasteiger partial charge >= 0.3 is 0 Å². The van der Waals surface area contributed by atoms with Gasteiger partial charge in [0.1, 0.15) is 0 Å². The highest BCUT2D eigenvalue weighted by atomic mass is 16.2. The molecule has 6 heteroatoms. The average molecular weight is 365 g/mol. The van der Waals surface area contributed by atoms with Crippen molar-refractivity contribution >= 4 is 12.3 Å². The number of rotatable bonds is 5. The Hall–Kier alpha value is -2.89. The monoisotopic (exact) mass is 365 g/mol. The molecule has 1 N–H and O–H groups in total. The summed E-state index contributed by atoms with van der Waals surface area (Å²) in [6, 6.07) is 11.4. The van der Waals surface area contributed by atoms with Crippen LogP contribution in [0.15, 0.2) is 47.4 Å². The average Bonchev–Trinajstić information content (AvgIpc) is 3.54. The smallest absolute Gasteiger partial charge is 0.254 e. The molecule has 2 aliphatic rings. The van der Waals surface area contributed by atoms with E-state index in [0.717, 1.165) is 56.3 Å². The van der Waals surface area contributed by atoms with E-state index in [0.29, 0.717) is 11.6 Å². The summed E-state index contributed by atoms with van der Waals surface area (Å²) in [5.74, 6) is 0.0788. The molecule has 0 atom stereocenters. The van der Waals surface area contributed by atoms with Crippen LogP contribution in [0.25, 0.3) is 11.1 Å². The van der Waals surface area contributed by atoms with Crippen molar-refractivity contribution in [1.29, 1.82) is 0 Å². The largest absolute Gasteiger partial charge is 0.345 e. The van der Waals surface area contributed by atoms with Gasteiger partial charge in [-0.3, -0.25) is 14.4 Å². The molecule has 1 aliphatic carbocycles. The maximum absolute atomic E-state index is 13.2. The topological polar surface area (TPSA) is 73.5 Å². The Bertz CT molecular complexity index is 858. The number of amides is 2. The van der Waals surface area contributed by atoms with Crippen LogP contribution in [0.4, 0.5) is 0 Å². The van der Waals surface area contributed by atoms with E-state index in [9.17, 15) is 14.4 Å². The van der Waals surface area contributed by atoms with Crippen molar-refractivity contribution in [1.82, 2.24) is 14.8 Å². The minimum atomic E-state index is -0.133. The number of aromatic amines is 1. The van der Waals surface area contributed by atoms with Gasteiger partial charge in [-0.05, 0) is 55.0 Å². The van der Waals surface area contributed by atoms with Gasteiger partial charge in [-0.1, -0.05) is 12.1 Å². The summed E-state index contributed by atoms with van der Waals surface area (Å²) < 4.78 is 0. The Morgan fingerprint density at radius 1 is 0.963 bits per heavy atom. The molecule has 0 unspecified atom stereocenters. The number of aromatic nitrogens is 1. The fourth-order valence-electron chi connectivity index (χ4n) is 3.80. The summed E-state index contributed by atoms with van der Waals surface area (Å²) in [6.07, 6.45) is 6.39. The van der Waals surface area contributed by atoms with Crippen LogP contribution in [0.3, 0.4) is 0 Å². The lowest BCUT2D eigenvalue weighted by Crippen LogP contribution is -2.48. The minimum Gasteiger partial charge on any atom is -0.345 e. The third kappa shape index (κ3) is 3.79. The Balaban J connectivity index is 1.51. The molecule has 1 saturated carbocycles. The lowest BCUT2D eigenvalue weighted by molar-refractivity contribution is -0.119. The van der Waals surface area contributed by atoms with E-state index in [4.69, 9.17) is 0 Å². The number of H-pyrrole nitrogens is 1. The minimum absolute atomic E-state index is 0.0788. The van der Waals surface area contributed by atoms with Crippen LogP contribution in [0, 0.1) is 0 Å². The summed E-state index contributed by atoms with van der Waals surface area (Å²) in [5, 5.41) is 0. The van der Waals surface area contributed by atoms with Gasteiger partial charge < -0.3 is 14.8 Å². The summed E-state index contributed by atoms with van der Waals surface area (Å²) in [5.41, 5.74) is 2.42. The zero-order chi connectivity index (χ0) is 18.8. The molecule has 1 aromatic carbocycles. The van der Waals surface area contributed by atoms with Gasteiger partial charge in [0.05, 0.1) is 0 Å². The maximum Gasteiger partial charge on any atom is 0.254 e. The Morgan fingerprint density at radius 2 is 1.59 bits per heavy atom.